The van der Waals surface area contributed by atoms with Crippen LogP contribution in [0.3, 0.4) is 0 Å². The van der Waals surface area contributed by atoms with E-state index >= 15 is 0 Å². The number of H-pyrrole nitrogens is 1. The number of aryl methyl sites for hydroxylation is 1. The number of rotatable bonds is 4. The fraction of sp³-hybridized carbons (Fsp3) is 0.133. The summed E-state index contributed by atoms with van der Waals surface area (Å²) in [5.41, 5.74) is 2.98. The molecule has 112 valence electrons. The van der Waals surface area contributed by atoms with E-state index in [1.54, 1.807) is 18.5 Å². The molecule has 0 amide bonds. The molecular formula is C15H11Cl2N3O2. The number of carboxylic acids is 1. The Balaban J connectivity index is 2.22. The van der Waals surface area contributed by atoms with E-state index in [1.807, 2.05) is 12.1 Å². The summed E-state index contributed by atoms with van der Waals surface area (Å²) in [7, 11) is 0. The molecule has 0 aliphatic carbocycles. The molecule has 1 aromatic carbocycles. The molecule has 2 heterocycles. The molecule has 3 rings (SSSR count). The Morgan fingerprint density at radius 2 is 2.14 bits per heavy atom. The van der Waals surface area contributed by atoms with Crippen LogP contribution in [0.1, 0.15) is 12.1 Å². The molecule has 3 aromatic rings. The molecule has 0 radical (unpaired) electrons. The van der Waals surface area contributed by atoms with Crippen LogP contribution in [-0.2, 0) is 11.2 Å². The van der Waals surface area contributed by atoms with Crippen molar-refractivity contribution >= 4 is 40.1 Å². The fourth-order valence-corrected chi connectivity index (χ4v) is 2.65. The van der Waals surface area contributed by atoms with E-state index in [2.05, 4.69) is 15.2 Å². The first kappa shape index (κ1) is 14.8. The Kier molecular flexibility index (Phi) is 4.00. The average molecular weight is 336 g/mol. The number of hydrogen-bond donors (Lipinski definition) is 2. The number of nitrogens with one attached hydrogen (secondary N) is 1. The van der Waals surface area contributed by atoms with Crippen molar-refractivity contribution in [2.45, 2.75) is 12.8 Å². The molecule has 5 nitrogen and oxygen atoms in total. The van der Waals surface area contributed by atoms with Crippen molar-refractivity contribution in [3.8, 4) is 11.1 Å². The third-order valence-corrected chi connectivity index (χ3v) is 4.12. The number of pyridine rings is 1. The molecule has 0 spiro atoms. The Labute approximate surface area is 135 Å². The molecule has 0 aliphatic rings. The van der Waals surface area contributed by atoms with Crippen LogP contribution in [0.4, 0.5) is 0 Å². The summed E-state index contributed by atoms with van der Waals surface area (Å²) in [6, 6.07) is 5.43. The van der Waals surface area contributed by atoms with E-state index in [0.717, 1.165) is 16.5 Å². The minimum atomic E-state index is -0.871. The molecular weight excluding hydrogens is 325 g/mol. The number of fused-ring (bicyclic) bond motifs is 1. The maximum Gasteiger partial charge on any atom is 0.303 e. The van der Waals surface area contributed by atoms with Crippen LogP contribution < -0.4 is 0 Å². The van der Waals surface area contributed by atoms with Crippen molar-refractivity contribution in [3.05, 3.63) is 46.3 Å². The van der Waals surface area contributed by atoms with Crippen LogP contribution in [0, 0.1) is 0 Å². The molecule has 0 unspecified atom stereocenters. The van der Waals surface area contributed by atoms with Gasteiger partial charge in [0.15, 0.2) is 0 Å². The van der Waals surface area contributed by atoms with Gasteiger partial charge in [0.05, 0.1) is 28.2 Å². The number of halogens is 2. The highest BCUT2D eigenvalue weighted by Gasteiger charge is 2.14. The number of hydrogen-bond acceptors (Lipinski definition) is 3. The van der Waals surface area contributed by atoms with Crippen LogP contribution in [-0.4, -0.2) is 26.3 Å². The van der Waals surface area contributed by atoms with E-state index in [0.29, 0.717) is 27.7 Å². The third-order valence-electron chi connectivity index (χ3n) is 3.33. The Morgan fingerprint density at radius 3 is 2.82 bits per heavy atom. The van der Waals surface area contributed by atoms with Crippen molar-refractivity contribution in [1.29, 1.82) is 0 Å². The Morgan fingerprint density at radius 1 is 1.32 bits per heavy atom. The monoisotopic (exact) mass is 335 g/mol. The number of aromatic nitrogens is 3. The summed E-state index contributed by atoms with van der Waals surface area (Å²) >= 11 is 12.3. The average Bonchev–Trinajstić information content (AvgIpc) is 3.02. The number of carbonyl (C=O) groups is 1. The first-order chi connectivity index (χ1) is 10.6. The molecule has 2 N–H and O–H groups in total. The van der Waals surface area contributed by atoms with Gasteiger partial charge in [0.2, 0.25) is 0 Å². The van der Waals surface area contributed by atoms with E-state index in [-0.39, 0.29) is 6.42 Å². The second-order valence-corrected chi connectivity index (χ2v) is 5.58. The summed E-state index contributed by atoms with van der Waals surface area (Å²) in [5.74, 6) is -0.871. The van der Waals surface area contributed by atoms with E-state index in [9.17, 15) is 4.79 Å². The van der Waals surface area contributed by atoms with E-state index < -0.39 is 5.97 Å². The summed E-state index contributed by atoms with van der Waals surface area (Å²) in [5, 5.41) is 17.2. The Bertz CT molecular complexity index is 848. The van der Waals surface area contributed by atoms with Gasteiger partial charge in [-0.15, -0.1) is 0 Å². The molecule has 7 heteroatoms. The normalized spacial score (nSPS) is 11.0. The number of nitrogens with zero attached hydrogens (tertiary/aromatic N) is 2. The van der Waals surface area contributed by atoms with Crippen molar-refractivity contribution in [2.75, 3.05) is 0 Å². The SMILES string of the molecule is O=C(O)CCc1cc(-c2cn[nH]c2)c2ccc(Cl)c(Cl)c2n1. The van der Waals surface area contributed by atoms with Crippen molar-refractivity contribution in [2.24, 2.45) is 0 Å². The van der Waals surface area contributed by atoms with Gasteiger partial charge >= 0.3 is 5.97 Å². The molecule has 0 fully saturated rings. The number of aliphatic carboxylic acids is 1. The number of aromatic amines is 1. The van der Waals surface area contributed by atoms with Gasteiger partial charge in [0.25, 0.3) is 0 Å². The van der Waals surface area contributed by atoms with Gasteiger partial charge in [-0.3, -0.25) is 14.9 Å². The van der Waals surface area contributed by atoms with Crippen LogP contribution in [0.25, 0.3) is 22.0 Å². The zero-order chi connectivity index (χ0) is 15.7. The fourth-order valence-electron chi connectivity index (χ4n) is 2.29. The van der Waals surface area contributed by atoms with Crippen LogP contribution in [0.15, 0.2) is 30.6 Å². The molecule has 0 aliphatic heterocycles. The Hall–Kier alpha value is -2.11. The zero-order valence-corrected chi connectivity index (χ0v) is 12.8. The van der Waals surface area contributed by atoms with Crippen molar-refractivity contribution in [3.63, 3.8) is 0 Å². The van der Waals surface area contributed by atoms with Gasteiger partial charge in [0, 0.05) is 29.3 Å². The standard InChI is InChI=1S/C15H11Cl2N3O2/c16-12-3-2-10-11(8-6-18-19-7-8)5-9(1-4-13(21)22)20-15(10)14(12)17/h2-3,5-7H,1,4H2,(H,18,19)(H,21,22). The first-order valence-electron chi connectivity index (χ1n) is 6.55. The third kappa shape index (κ3) is 2.77. The largest absolute Gasteiger partial charge is 0.481 e. The maximum absolute atomic E-state index is 10.8. The second-order valence-electron chi connectivity index (χ2n) is 4.80. The lowest BCUT2D eigenvalue weighted by atomic mass is 10.0. The van der Waals surface area contributed by atoms with Crippen molar-refractivity contribution in [1.82, 2.24) is 15.2 Å². The van der Waals surface area contributed by atoms with Gasteiger partial charge in [-0.05, 0) is 17.7 Å². The summed E-state index contributed by atoms with van der Waals surface area (Å²) in [6.45, 7) is 0. The minimum absolute atomic E-state index is 0.00151. The van der Waals surface area contributed by atoms with Crippen LogP contribution in [0.2, 0.25) is 10.0 Å². The van der Waals surface area contributed by atoms with Crippen LogP contribution in [0.5, 0.6) is 0 Å². The first-order valence-corrected chi connectivity index (χ1v) is 7.30. The van der Waals surface area contributed by atoms with Crippen molar-refractivity contribution < 1.29 is 9.90 Å². The molecule has 0 bridgehead atoms. The highest BCUT2D eigenvalue weighted by Crippen LogP contribution is 2.35. The van der Waals surface area contributed by atoms with E-state index in [1.165, 1.54) is 0 Å². The number of carboxylic acid groups (broad SMARTS) is 1. The highest BCUT2D eigenvalue weighted by atomic mass is 35.5. The maximum atomic E-state index is 10.8. The molecule has 22 heavy (non-hydrogen) atoms. The molecule has 0 atom stereocenters. The molecule has 2 aromatic heterocycles. The van der Waals surface area contributed by atoms with Gasteiger partial charge in [-0.1, -0.05) is 29.3 Å². The number of benzene rings is 1. The van der Waals surface area contributed by atoms with E-state index in [4.69, 9.17) is 28.3 Å². The summed E-state index contributed by atoms with van der Waals surface area (Å²) < 4.78 is 0. The minimum Gasteiger partial charge on any atom is -0.481 e. The van der Waals surface area contributed by atoms with Gasteiger partial charge < -0.3 is 5.11 Å². The second kappa shape index (κ2) is 5.94. The quantitative estimate of drug-likeness (QED) is 0.756. The summed E-state index contributed by atoms with van der Waals surface area (Å²) in [4.78, 5) is 15.2. The predicted octanol–water partition coefficient (Wildman–Crippen LogP) is 3.95. The topological polar surface area (TPSA) is 78.9 Å². The van der Waals surface area contributed by atoms with Gasteiger partial charge in [0.1, 0.15) is 0 Å². The van der Waals surface area contributed by atoms with Gasteiger partial charge in [-0.25, -0.2) is 0 Å². The van der Waals surface area contributed by atoms with Gasteiger partial charge in [-0.2, -0.15) is 5.10 Å². The molecule has 0 saturated carbocycles. The predicted molar refractivity (Wildman–Crippen MR) is 85.3 cm³/mol. The lowest BCUT2D eigenvalue weighted by Crippen LogP contribution is -2.00. The summed E-state index contributed by atoms with van der Waals surface area (Å²) in [6.07, 6.45) is 3.77. The lowest BCUT2D eigenvalue weighted by molar-refractivity contribution is -0.136. The van der Waals surface area contributed by atoms with Crippen LogP contribution >= 0.6 is 23.2 Å². The zero-order valence-electron chi connectivity index (χ0n) is 11.3. The molecule has 0 saturated heterocycles. The highest BCUT2D eigenvalue weighted by molar-refractivity contribution is 6.45. The lowest BCUT2D eigenvalue weighted by Gasteiger charge is -2.10. The smallest absolute Gasteiger partial charge is 0.303 e.